The van der Waals surface area contributed by atoms with Crippen molar-refractivity contribution in [1.82, 2.24) is 10.7 Å². The zero-order chi connectivity index (χ0) is 24.3. The lowest BCUT2D eigenvalue weighted by atomic mass is 10.2. The van der Waals surface area contributed by atoms with E-state index in [0.717, 1.165) is 11.1 Å². The van der Waals surface area contributed by atoms with Crippen molar-refractivity contribution in [2.24, 2.45) is 5.10 Å². The Kier molecular flexibility index (Phi) is 9.31. The summed E-state index contributed by atoms with van der Waals surface area (Å²) < 4.78 is 11.5. The normalized spacial score (nSPS) is 10.7. The standard InChI is InChI=1S/C25H23Cl2N3O4/c1-2-33-22-13-19(12-21(27)23(22)34-16-18-8-10-20(26)11-9-18)15-29-30-25(32)24(31)28-14-17-6-4-3-5-7-17/h3-13,15H,2,14,16H2,1H3,(H,28,31)(H,30,32)/b29-15-. The number of hydrazone groups is 1. The van der Waals surface area contributed by atoms with Gasteiger partial charge in [-0.25, -0.2) is 5.43 Å². The summed E-state index contributed by atoms with van der Waals surface area (Å²) in [5.41, 5.74) is 4.55. The van der Waals surface area contributed by atoms with E-state index in [-0.39, 0.29) is 13.2 Å². The molecule has 2 amide bonds. The van der Waals surface area contributed by atoms with E-state index < -0.39 is 11.8 Å². The van der Waals surface area contributed by atoms with E-state index >= 15 is 0 Å². The van der Waals surface area contributed by atoms with E-state index in [4.69, 9.17) is 32.7 Å². The molecule has 0 unspecified atom stereocenters. The average Bonchev–Trinajstić information content (AvgIpc) is 2.84. The molecule has 0 atom stereocenters. The number of hydrogen-bond acceptors (Lipinski definition) is 5. The van der Waals surface area contributed by atoms with Crippen LogP contribution in [0.2, 0.25) is 10.0 Å². The van der Waals surface area contributed by atoms with E-state index in [1.165, 1.54) is 6.21 Å². The summed E-state index contributed by atoms with van der Waals surface area (Å²) in [5, 5.41) is 7.32. The van der Waals surface area contributed by atoms with Crippen LogP contribution in [0.3, 0.4) is 0 Å². The molecule has 9 heteroatoms. The van der Waals surface area contributed by atoms with Gasteiger partial charge in [0.05, 0.1) is 17.8 Å². The van der Waals surface area contributed by atoms with Crippen molar-refractivity contribution < 1.29 is 19.1 Å². The molecule has 0 bridgehead atoms. The van der Waals surface area contributed by atoms with Crippen molar-refractivity contribution in [3.05, 3.63) is 93.5 Å². The number of amides is 2. The molecule has 0 saturated heterocycles. The third-order valence-electron chi connectivity index (χ3n) is 4.51. The highest BCUT2D eigenvalue weighted by Crippen LogP contribution is 2.37. The summed E-state index contributed by atoms with van der Waals surface area (Å²) >= 11 is 12.3. The van der Waals surface area contributed by atoms with Gasteiger partial charge < -0.3 is 14.8 Å². The number of nitrogens with one attached hydrogen (secondary N) is 2. The largest absolute Gasteiger partial charge is 0.490 e. The average molecular weight is 500 g/mol. The molecule has 0 fully saturated rings. The molecule has 0 aliphatic rings. The molecule has 0 aliphatic carbocycles. The highest BCUT2D eigenvalue weighted by atomic mass is 35.5. The van der Waals surface area contributed by atoms with Crippen molar-refractivity contribution in [2.75, 3.05) is 6.61 Å². The highest BCUT2D eigenvalue weighted by molar-refractivity contribution is 6.35. The lowest BCUT2D eigenvalue weighted by Crippen LogP contribution is -2.37. The summed E-state index contributed by atoms with van der Waals surface area (Å²) in [5.74, 6) is -0.858. The number of benzene rings is 3. The SMILES string of the molecule is CCOc1cc(/C=N\NC(=O)C(=O)NCc2ccccc2)cc(Cl)c1OCc1ccc(Cl)cc1. The molecule has 34 heavy (non-hydrogen) atoms. The van der Waals surface area contributed by atoms with Crippen LogP contribution in [0.5, 0.6) is 11.5 Å². The van der Waals surface area contributed by atoms with Crippen LogP contribution in [0, 0.1) is 0 Å². The molecule has 2 N–H and O–H groups in total. The van der Waals surface area contributed by atoms with E-state index in [1.54, 1.807) is 24.3 Å². The van der Waals surface area contributed by atoms with Crippen LogP contribution < -0.4 is 20.2 Å². The number of carbonyl (C=O) groups excluding carboxylic acids is 2. The number of ether oxygens (including phenoxy) is 2. The zero-order valence-electron chi connectivity index (χ0n) is 18.4. The van der Waals surface area contributed by atoms with Gasteiger partial charge in [0, 0.05) is 11.6 Å². The first-order valence-electron chi connectivity index (χ1n) is 10.4. The first-order valence-corrected chi connectivity index (χ1v) is 11.2. The fourth-order valence-electron chi connectivity index (χ4n) is 2.88. The third-order valence-corrected chi connectivity index (χ3v) is 5.04. The van der Waals surface area contributed by atoms with Gasteiger partial charge in [0.1, 0.15) is 6.61 Å². The number of carbonyl (C=O) groups is 2. The molecule has 176 valence electrons. The Morgan fingerprint density at radius 2 is 1.68 bits per heavy atom. The molecule has 0 radical (unpaired) electrons. The second-order valence-electron chi connectivity index (χ2n) is 7.05. The highest BCUT2D eigenvalue weighted by Gasteiger charge is 2.14. The summed E-state index contributed by atoms with van der Waals surface area (Å²) in [4.78, 5) is 23.9. The Balaban J connectivity index is 1.60. The van der Waals surface area contributed by atoms with E-state index in [9.17, 15) is 9.59 Å². The maximum atomic E-state index is 12.0. The van der Waals surface area contributed by atoms with Gasteiger partial charge in [0.15, 0.2) is 11.5 Å². The van der Waals surface area contributed by atoms with Crippen LogP contribution in [0.1, 0.15) is 23.6 Å². The molecule has 0 heterocycles. The van der Waals surface area contributed by atoms with E-state index in [0.29, 0.717) is 33.7 Å². The predicted molar refractivity (Wildman–Crippen MR) is 132 cm³/mol. The number of halogens is 2. The summed E-state index contributed by atoms with van der Waals surface area (Å²) in [6, 6.07) is 19.8. The fourth-order valence-corrected chi connectivity index (χ4v) is 3.28. The molecule has 3 rings (SSSR count). The first kappa shape index (κ1) is 25.1. The van der Waals surface area contributed by atoms with E-state index in [2.05, 4.69) is 15.8 Å². The molecule has 0 aliphatic heterocycles. The molecule has 3 aromatic carbocycles. The molecule has 7 nitrogen and oxygen atoms in total. The second-order valence-corrected chi connectivity index (χ2v) is 7.89. The van der Waals surface area contributed by atoms with Gasteiger partial charge >= 0.3 is 11.8 Å². The van der Waals surface area contributed by atoms with Gasteiger partial charge in [-0.15, -0.1) is 0 Å². The maximum absolute atomic E-state index is 12.0. The lowest BCUT2D eigenvalue weighted by molar-refractivity contribution is -0.139. The van der Waals surface area contributed by atoms with E-state index in [1.807, 2.05) is 49.4 Å². The van der Waals surface area contributed by atoms with Crippen LogP contribution in [0.15, 0.2) is 71.8 Å². The summed E-state index contributed by atoms with van der Waals surface area (Å²) in [6.07, 6.45) is 1.36. The predicted octanol–water partition coefficient (Wildman–Crippen LogP) is 4.74. The van der Waals surface area contributed by atoms with Gasteiger partial charge in [0.25, 0.3) is 0 Å². The second kappa shape index (κ2) is 12.6. The molecule has 0 saturated carbocycles. The van der Waals surface area contributed by atoms with Crippen molar-refractivity contribution >= 4 is 41.2 Å². The van der Waals surface area contributed by atoms with Gasteiger partial charge in [-0.05, 0) is 47.9 Å². The Labute approximate surface area is 207 Å². The van der Waals surface area contributed by atoms with Crippen molar-refractivity contribution in [1.29, 1.82) is 0 Å². The number of nitrogens with zero attached hydrogens (tertiary/aromatic N) is 1. The summed E-state index contributed by atoms with van der Waals surface area (Å²) in [7, 11) is 0. The minimum Gasteiger partial charge on any atom is -0.490 e. The molecular weight excluding hydrogens is 477 g/mol. The van der Waals surface area contributed by atoms with Gasteiger partial charge in [0.2, 0.25) is 0 Å². The van der Waals surface area contributed by atoms with Crippen LogP contribution in [-0.2, 0) is 22.7 Å². The maximum Gasteiger partial charge on any atom is 0.329 e. The minimum atomic E-state index is -0.883. The Morgan fingerprint density at radius 3 is 2.38 bits per heavy atom. The minimum absolute atomic E-state index is 0.238. The zero-order valence-corrected chi connectivity index (χ0v) is 19.9. The van der Waals surface area contributed by atoms with Crippen LogP contribution >= 0.6 is 23.2 Å². The Bertz CT molecular complexity index is 1150. The van der Waals surface area contributed by atoms with Gasteiger partial charge in [-0.1, -0.05) is 65.7 Å². The lowest BCUT2D eigenvalue weighted by Gasteiger charge is -2.14. The van der Waals surface area contributed by atoms with Crippen molar-refractivity contribution in [3.63, 3.8) is 0 Å². The quantitative estimate of drug-likeness (QED) is 0.253. The number of rotatable bonds is 9. The summed E-state index contributed by atoms with van der Waals surface area (Å²) in [6.45, 7) is 2.75. The Morgan fingerprint density at radius 1 is 0.941 bits per heavy atom. The number of hydrogen-bond donors (Lipinski definition) is 2. The van der Waals surface area contributed by atoms with Gasteiger partial charge in [-0.3, -0.25) is 9.59 Å². The smallest absolute Gasteiger partial charge is 0.329 e. The first-order chi connectivity index (χ1) is 16.5. The molecule has 0 aromatic heterocycles. The molecule has 3 aromatic rings. The Hall–Kier alpha value is -3.55. The van der Waals surface area contributed by atoms with Crippen LogP contribution in [0.25, 0.3) is 0 Å². The fraction of sp³-hybridized carbons (Fsp3) is 0.160. The van der Waals surface area contributed by atoms with Gasteiger partial charge in [-0.2, -0.15) is 5.10 Å². The van der Waals surface area contributed by atoms with Crippen LogP contribution in [0.4, 0.5) is 0 Å². The van der Waals surface area contributed by atoms with Crippen molar-refractivity contribution in [3.8, 4) is 11.5 Å². The monoisotopic (exact) mass is 499 g/mol. The topological polar surface area (TPSA) is 89.0 Å². The molecule has 0 spiro atoms. The van der Waals surface area contributed by atoms with Crippen molar-refractivity contribution in [2.45, 2.75) is 20.1 Å². The molecular formula is C25H23Cl2N3O4. The van der Waals surface area contributed by atoms with Crippen LogP contribution in [-0.4, -0.2) is 24.6 Å². The third kappa shape index (κ3) is 7.50.